The minimum Gasteiger partial charge on any atom is -0.506 e. The first-order chi connectivity index (χ1) is 21.0. The summed E-state index contributed by atoms with van der Waals surface area (Å²) in [6.07, 6.45) is 13.3. The molecule has 12 heteroatoms. The van der Waals surface area contributed by atoms with Gasteiger partial charge in [-0.05, 0) is 55.9 Å². The van der Waals surface area contributed by atoms with Crippen molar-refractivity contribution in [3.8, 4) is 5.75 Å². The molecule has 1 saturated carbocycles. The van der Waals surface area contributed by atoms with Gasteiger partial charge < -0.3 is 15.7 Å². The van der Waals surface area contributed by atoms with Crippen LogP contribution in [0.1, 0.15) is 101 Å². The van der Waals surface area contributed by atoms with Gasteiger partial charge in [0, 0.05) is 17.7 Å². The summed E-state index contributed by atoms with van der Waals surface area (Å²) in [4.78, 5) is 26.2. The Morgan fingerprint density at radius 1 is 0.841 bits per heavy atom. The average Bonchev–Trinajstić information content (AvgIpc) is 3.61. The second-order valence-corrected chi connectivity index (χ2v) is 15.1. The molecule has 1 aliphatic carbocycles. The highest BCUT2D eigenvalue weighted by Gasteiger charge is 2.53. The third-order valence-corrected chi connectivity index (χ3v) is 11.7. The number of hydrogen-bond donors (Lipinski definition) is 3. The fraction of sp³-hybridized carbons (Fsp3) is 0.562. The number of unbranched alkanes of at least 4 members (excludes halogenated alkanes) is 9. The zero-order valence-corrected chi connectivity index (χ0v) is 28.2. The van der Waals surface area contributed by atoms with E-state index in [0.29, 0.717) is 17.9 Å². The predicted octanol–water partition coefficient (Wildman–Crippen LogP) is 8.65. The summed E-state index contributed by atoms with van der Waals surface area (Å²) >= 11 is 18.4. The van der Waals surface area contributed by atoms with Crippen LogP contribution in [0, 0.1) is 5.92 Å². The molecule has 242 valence electrons. The van der Waals surface area contributed by atoms with Gasteiger partial charge in [-0.2, -0.15) is 4.31 Å². The van der Waals surface area contributed by atoms with Gasteiger partial charge in [0.05, 0.1) is 32.2 Å². The molecular formula is C32H42Cl3N3O5S. The van der Waals surface area contributed by atoms with Crippen molar-refractivity contribution in [2.24, 2.45) is 5.92 Å². The van der Waals surface area contributed by atoms with E-state index in [2.05, 4.69) is 17.6 Å². The summed E-state index contributed by atoms with van der Waals surface area (Å²) in [6.45, 7) is 2.21. The minimum absolute atomic E-state index is 0.0321. The molecule has 2 bridgehead atoms. The lowest BCUT2D eigenvalue weighted by Crippen LogP contribution is -2.51. The SMILES string of the molecule is CCCCCCCCCCCCS(=O)(=O)N1C2CCC(C2)C1C(=O)Nc1cc(O)c(NC(=O)c2ccc(Cl)c(Cl)c2)cc1Cl. The van der Waals surface area contributed by atoms with Crippen LogP contribution in [0.25, 0.3) is 0 Å². The van der Waals surface area contributed by atoms with Gasteiger partial charge in [0.1, 0.15) is 11.8 Å². The van der Waals surface area contributed by atoms with Crippen LogP contribution in [0.5, 0.6) is 5.75 Å². The van der Waals surface area contributed by atoms with Crippen molar-refractivity contribution in [3.63, 3.8) is 0 Å². The third kappa shape index (κ3) is 8.81. The Kier molecular flexibility index (Phi) is 12.7. The van der Waals surface area contributed by atoms with Crippen LogP contribution >= 0.6 is 34.8 Å². The molecule has 3 unspecified atom stereocenters. The summed E-state index contributed by atoms with van der Waals surface area (Å²) in [7, 11) is -3.63. The number of aromatic hydroxyl groups is 1. The number of halogens is 3. The van der Waals surface area contributed by atoms with Crippen LogP contribution in [-0.2, 0) is 14.8 Å². The molecule has 0 radical (unpaired) electrons. The Bertz CT molecular complexity index is 1440. The number of nitrogens with zero attached hydrogens (tertiary/aromatic N) is 1. The highest BCUT2D eigenvalue weighted by molar-refractivity contribution is 7.89. The molecule has 1 heterocycles. The first-order valence-electron chi connectivity index (χ1n) is 15.6. The van der Waals surface area contributed by atoms with Gasteiger partial charge in [0.2, 0.25) is 15.9 Å². The number of nitrogens with one attached hydrogen (secondary N) is 2. The number of anilines is 2. The normalized spacial score (nSPS) is 19.8. The molecule has 2 aliphatic rings. The Morgan fingerprint density at radius 3 is 2.16 bits per heavy atom. The van der Waals surface area contributed by atoms with Crippen molar-refractivity contribution in [1.82, 2.24) is 4.31 Å². The molecule has 2 aromatic rings. The van der Waals surface area contributed by atoms with Gasteiger partial charge in [-0.1, -0.05) is 99.5 Å². The number of amides is 2. The van der Waals surface area contributed by atoms with E-state index in [-0.39, 0.29) is 50.4 Å². The second kappa shape index (κ2) is 16.0. The summed E-state index contributed by atoms with van der Waals surface area (Å²) in [5.74, 6) is -1.38. The number of rotatable bonds is 16. The van der Waals surface area contributed by atoms with Gasteiger partial charge in [-0.15, -0.1) is 0 Å². The maximum Gasteiger partial charge on any atom is 0.255 e. The molecule has 8 nitrogen and oxygen atoms in total. The van der Waals surface area contributed by atoms with Crippen LogP contribution in [0.2, 0.25) is 15.1 Å². The van der Waals surface area contributed by atoms with E-state index < -0.39 is 27.9 Å². The van der Waals surface area contributed by atoms with E-state index in [0.717, 1.165) is 32.1 Å². The number of hydrogen-bond acceptors (Lipinski definition) is 5. The topological polar surface area (TPSA) is 116 Å². The molecule has 2 aromatic carbocycles. The molecule has 3 atom stereocenters. The standard InChI is InChI=1S/C32H42Cl3N3O5S/c1-2-3-4-5-6-7-8-9-10-11-16-44(42,43)38-23-14-12-21(17-23)30(38)32(41)36-27-20-29(39)28(19-26(27)35)37-31(40)22-13-15-24(33)25(34)18-22/h13,15,18-21,23,30,39H,2-12,14,16-17H2,1H3,(H,36,41)(H,37,40). The Balaban J connectivity index is 1.34. The Hall–Kier alpha value is -2.04. The van der Waals surface area contributed by atoms with E-state index in [1.807, 2.05) is 0 Å². The van der Waals surface area contributed by atoms with Crippen molar-refractivity contribution in [2.75, 3.05) is 16.4 Å². The quantitative estimate of drug-likeness (QED) is 0.121. The lowest BCUT2D eigenvalue weighted by atomic mass is 9.99. The maximum atomic E-state index is 13.5. The molecule has 2 amide bonds. The second-order valence-electron chi connectivity index (χ2n) is 11.9. The van der Waals surface area contributed by atoms with Crippen molar-refractivity contribution in [3.05, 3.63) is 51.0 Å². The predicted molar refractivity (Wildman–Crippen MR) is 179 cm³/mol. The number of phenols is 1. The number of phenolic OH excluding ortho intramolecular Hbond substituents is 1. The third-order valence-electron chi connectivity index (χ3n) is 8.64. The molecule has 2 fully saturated rings. The molecule has 1 aliphatic heterocycles. The molecule has 4 rings (SSSR count). The summed E-state index contributed by atoms with van der Waals surface area (Å²) in [5, 5.41) is 16.5. The number of benzene rings is 2. The van der Waals surface area contributed by atoms with Crippen molar-refractivity contribution in [1.29, 1.82) is 0 Å². The zero-order valence-electron chi connectivity index (χ0n) is 25.1. The Labute approximate surface area is 275 Å². The average molecular weight is 687 g/mol. The number of piperidine rings is 1. The molecule has 0 spiro atoms. The van der Waals surface area contributed by atoms with E-state index >= 15 is 0 Å². The van der Waals surface area contributed by atoms with Gasteiger partial charge >= 0.3 is 0 Å². The van der Waals surface area contributed by atoms with Crippen molar-refractivity contribution < 1.29 is 23.1 Å². The fourth-order valence-electron chi connectivity index (χ4n) is 6.35. The lowest BCUT2D eigenvalue weighted by molar-refractivity contribution is -0.120. The highest BCUT2D eigenvalue weighted by atomic mass is 35.5. The van der Waals surface area contributed by atoms with Crippen LogP contribution in [0.15, 0.2) is 30.3 Å². The number of carbonyl (C=O) groups excluding carboxylic acids is 2. The van der Waals surface area contributed by atoms with E-state index in [4.69, 9.17) is 34.8 Å². The molecule has 1 saturated heterocycles. The molecule has 3 N–H and O–H groups in total. The van der Waals surface area contributed by atoms with Gasteiger partial charge in [-0.3, -0.25) is 9.59 Å². The van der Waals surface area contributed by atoms with Gasteiger partial charge in [0.15, 0.2) is 0 Å². The molecule has 0 aromatic heterocycles. The van der Waals surface area contributed by atoms with E-state index in [9.17, 15) is 23.1 Å². The molecule has 44 heavy (non-hydrogen) atoms. The van der Waals surface area contributed by atoms with Crippen LogP contribution < -0.4 is 10.6 Å². The number of carbonyl (C=O) groups is 2. The summed E-state index contributed by atoms with van der Waals surface area (Å²) in [5.41, 5.74) is 0.379. The van der Waals surface area contributed by atoms with Crippen LogP contribution in [0.4, 0.5) is 11.4 Å². The first-order valence-corrected chi connectivity index (χ1v) is 18.4. The number of sulfonamides is 1. The molecular weight excluding hydrogens is 645 g/mol. The highest BCUT2D eigenvalue weighted by Crippen LogP contribution is 2.45. The van der Waals surface area contributed by atoms with Gasteiger partial charge in [-0.25, -0.2) is 8.42 Å². The van der Waals surface area contributed by atoms with E-state index in [1.165, 1.54) is 73.2 Å². The monoisotopic (exact) mass is 685 g/mol. The van der Waals surface area contributed by atoms with Crippen LogP contribution in [0.3, 0.4) is 0 Å². The fourth-order valence-corrected chi connectivity index (χ4v) is 8.90. The van der Waals surface area contributed by atoms with Crippen molar-refractivity contribution >= 4 is 68.0 Å². The largest absolute Gasteiger partial charge is 0.506 e. The lowest BCUT2D eigenvalue weighted by Gasteiger charge is -2.33. The summed E-state index contributed by atoms with van der Waals surface area (Å²) < 4.78 is 28.4. The maximum absolute atomic E-state index is 13.5. The smallest absolute Gasteiger partial charge is 0.255 e. The minimum atomic E-state index is -3.63. The zero-order chi connectivity index (χ0) is 31.9. The van der Waals surface area contributed by atoms with Gasteiger partial charge in [0.25, 0.3) is 5.91 Å². The van der Waals surface area contributed by atoms with Crippen LogP contribution in [-0.4, -0.2) is 47.5 Å². The first kappa shape index (κ1) is 34.8. The summed E-state index contributed by atoms with van der Waals surface area (Å²) in [6, 6.07) is 5.94. The number of fused-ring (bicyclic) bond motifs is 2. The van der Waals surface area contributed by atoms with E-state index in [1.54, 1.807) is 0 Å². The Morgan fingerprint density at radius 2 is 1.50 bits per heavy atom. The van der Waals surface area contributed by atoms with Crippen molar-refractivity contribution in [2.45, 2.75) is 102 Å².